The van der Waals surface area contributed by atoms with Crippen LogP contribution in [0.2, 0.25) is 0 Å². The molecular formula is C19H19N3O4S. The van der Waals surface area contributed by atoms with Crippen LogP contribution in [0.1, 0.15) is 5.56 Å². The van der Waals surface area contributed by atoms with Crippen LogP contribution in [0.3, 0.4) is 0 Å². The number of benzene rings is 2. The molecule has 3 rings (SSSR count). The van der Waals surface area contributed by atoms with E-state index in [0.29, 0.717) is 28.2 Å². The van der Waals surface area contributed by atoms with Crippen molar-refractivity contribution in [3.05, 3.63) is 48.0 Å². The maximum absolute atomic E-state index is 12.1. The van der Waals surface area contributed by atoms with Gasteiger partial charge in [0.25, 0.3) is 11.1 Å². The molecule has 2 aromatic carbocycles. The number of amides is 1. The fraction of sp³-hybridized carbons (Fsp3) is 0.211. The molecule has 0 saturated carbocycles. The maximum atomic E-state index is 12.1. The molecular weight excluding hydrogens is 366 g/mol. The Morgan fingerprint density at radius 2 is 1.96 bits per heavy atom. The lowest BCUT2D eigenvalue weighted by Crippen LogP contribution is -2.14. The Hall–Kier alpha value is -3.00. The van der Waals surface area contributed by atoms with Gasteiger partial charge in [0.1, 0.15) is 11.5 Å². The van der Waals surface area contributed by atoms with Crippen LogP contribution in [-0.2, 0) is 4.79 Å². The molecule has 0 aliphatic rings. The minimum absolute atomic E-state index is 0.143. The molecule has 0 fully saturated rings. The van der Waals surface area contributed by atoms with Gasteiger partial charge in [-0.2, -0.15) is 0 Å². The van der Waals surface area contributed by atoms with Gasteiger partial charge in [-0.3, -0.25) is 4.79 Å². The Labute approximate surface area is 161 Å². The van der Waals surface area contributed by atoms with Crippen molar-refractivity contribution in [2.45, 2.75) is 12.1 Å². The molecule has 140 valence electrons. The molecule has 8 heteroatoms. The number of carbonyl (C=O) groups is 1. The zero-order valence-electron chi connectivity index (χ0n) is 15.2. The number of thioether (sulfide) groups is 1. The second kappa shape index (κ2) is 8.59. The molecule has 1 amide bonds. The molecule has 0 aliphatic carbocycles. The fourth-order valence-corrected chi connectivity index (χ4v) is 2.94. The van der Waals surface area contributed by atoms with Crippen LogP contribution in [0, 0.1) is 6.92 Å². The lowest BCUT2D eigenvalue weighted by atomic mass is 10.2. The van der Waals surface area contributed by atoms with Gasteiger partial charge in [0.05, 0.1) is 25.5 Å². The molecule has 1 aromatic heterocycles. The summed E-state index contributed by atoms with van der Waals surface area (Å²) in [5.41, 5.74) is 2.45. The third kappa shape index (κ3) is 4.59. The van der Waals surface area contributed by atoms with E-state index in [2.05, 4.69) is 15.5 Å². The molecule has 0 radical (unpaired) electrons. The van der Waals surface area contributed by atoms with Crippen molar-refractivity contribution in [2.75, 3.05) is 25.3 Å². The van der Waals surface area contributed by atoms with Gasteiger partial charge in [0.15, 0.2) is 0 Å². The van der Waals surface area contributed by atoms with Crippen molar-refractivity contribution in [3.8, 4) is 23.0 Å². The molecule has 1 N–H and O–H groups in total. The number of para-hydroxylation sites is 1. The van der Waals surface area contributed by atoms with Crippen molar-refractivity contribution < 1.29 is 18.7 Å². The normalized spacial score (nSPS) is 10.5. The van der Waals surface area contributed by atoms with E-state index in [4.69, 9.17) is 13.9 Å². The summed E-state index contributed by atoms with van der Waals surface area (Å²) in [6, 6.07) is 12.9. The third-order valence-electron chi connectivity index (χ3n) is 3.79. The first kappa shape index (κ1) is 18.8. The number of rotatable bonds is 7. The summed E-state index contributed by atoms with van der Waals surface area (Å²) in [7, 11) is 3.14. The summed E-state index contributed by atoms with van der Waals surface area (Å²) in [5.74, 6) is 1.56. The van der Waals surface area contributed by atoms with Gasteiger partial charge < -0.3 is 19.2 Å². The first-order valence-electron chi connectivity index (χ1n) is 8.15. The number of hydrogen-bond donors (Lipinski definition) is 1. The number of hydrogen-bond acceptors (Lipinski definition) is 7. The Bertz CT molecular complexity index is 942. The van der Waals surface area contributed by atoms with Crippen LogP contribution in [0.5, 0.6) is 11.5 Å². The number of carbonyl (C=O) groups excluding carboxylic acids is 1. The van der Waals surface area contributed by atoms with E-state index < -0.39 is 0 Å². The lowest BCUT2D eigenvalue weighted by Gasteiger charge is -2.07. The van der Waals surface area contributed by atoms with Crippen molar-refractivity contribution >= 4 is 23.4 Å². The van der Waals surface area contributed by atoms with Crippen molar-refractivity contribution in [1.82, 2.24) is 10.2 Å². The molecule has 1 heterocycles. The zero-order chi connectivity index (χ0) is 19.2. The van der Waals surface area contributed by atoms with Gasteiger partial charge in [-0.15, -0.1) is 10.2 Å². The Balaban J connectivity index is 1.65. The summed E-state index contributed by atoms with van der Waals surface area (Å²) in [5, 5.41) is 11.2. The molecule has 0 bridgehead atoms. The first-order valence-corrected chi connectivity index (χ1v) is 9.13. The van der Waals surface area contributed by atoms with E-state index in [1.165, 1.54) is 11.8 Å². The molecule has 3 aromatic rings. The van der Waals surface area contributed by atoms with Gasteiger partial charge in [-0.1, -0.05) is 30.0 Å². The van der Waals surface area contributed by atoms with E-state index in [1.807, 2.05) is 31.2 Å². The standard InChI is InChI=1S/C19H19N3O4S/c1-12-6-4-5-7-15(12)20-17(23)11-27-19-22-21-18(26-19)14-9-8-13(24-2)10-16(14)25-3/h4-10H,11H2,1-3H3,(H,20,23). The molecule has 0 spiro atoms. The summed E-state index contributed by atoms with van der Waals surface area (Å²) < 4.78 is 16.2. The number of aryl methyl sites for hydroxylation is 1. The second-order valence-corrected chi connectivity index (χ2v) is 6.52. The summed E-state index contributed by atoms with van der Waals surface area (Å²) in [4.78, 5) is 12.1. The average molecular weight is 385 g/mol. The third-order valence-corrected chi connectivity index (χ3v) is 4.61. The summed E-state index contributed by atoms with van der Waals surface area (Å²) in [6.45, 7) is 1.94. The van der Waals surface area contributed by atoms with E-state index in [0.717, 1.165) is 11.3 Å². The Morgan fingerprint density at radius 3 is 2.70 bits per heavy atom. The number of methoxy groups -OCH3 is 2. The van der Waals surface area contributed by atoms with E-state index in [1.54, 1.807) is 32.4 Å². The van der Waals surface area contributed by atoms with Crippen LogP contribution in [0.4, 0.5) is 5.69 Å². The molecule has 7 nitrogen and oxygen atoms in total. The Morgan fingerprint density at radius 1 is 1.15 bits per heavy atom. The highest BCUT2D eigenvalue weighted by Gasteiger charge is 2.16. The highest BCUT2D eigenvalue weighted by atomic mass is 32.2. The first-order chi connectivity index (χ1) is 13.1. The van der Waals surface area contributed by atoms with Crippen LogP contribution >= 0.6 is 11.8 Å². The van der Waals surface area contributed by atoms with Crippen LogP contribution in [-0.4, -0.2) is 36.1 Å². The fourth-order valence-electron chi connectivity index (χ4n) is 2.38. The van der Waals surface area contributed by atoms with Crippen molar-refractivity contribution in [3.63, 3.8) is 0 Å². The Kier molecular flexibility index (Phi) is 5.97. The van der Waals surface area contributed by atoms with E-state index in [-0.39, 0.29) is 11.7 Å². The monoisotopic (exact) mass is 385 g/mol. The van der Waals surface area contributed by atoms with Gasteiger partial charge in [0.2, 0.25) is 5.91 Å². The number of anilines is 1. The van der Waals surface area contributed by atoms with Gasteiger partial charge >= 0.3 is 0 Å². The summed E-state index contributed by atoms with van der Waals surface area (Å²) >= 11 is 1.17. The summed E-state index contributed by atoms with van der Waals surface area (Å²) in [6.07, 6.45) is 0. The van der Waals surface area contributed by atoms with E-state index in [9.17, 15) is 4.79 Å². The molecule has 0 saturated heterocycles. The number of nitrogens with one attached hydrogen (secondary N) is 1. The predicted octanol–water partition coefficient (Wildman–Crippen LogP) is 3.79. The van der Waals surface area contributed by atoms with Crippen LogP contribution in [0.25, 0.3) is 11.5 Å². The SMILES string of the molecule is COc1ccc(-c2nnc(SCC(=O)Nc3ccccc3C)o2)c(OC)c1. The minimum atomic E-state index is -0.143. The lowest BCUT2D eigenvalue weighted by molar-refractivity contribution is -0.113. The molecule has 27 heavy (non-hydrogen) atoms. The number of ether oxygens (including phenoxy) is 2. The van der Waals surface area contributed by atoms with Gasteiger partial charge in [-0.05, 0) is 30.7 Å². The highest BCUT2D eigenvalue weighted by Crippen LogP contribution is 2.33. The quantitative estimate of drug-likeness (QED) is 0.619. The van der Waals surface area contributed by atoms with Gasteiger partial charge in [0, 0.05) is 11.8 Å². The minimum Gasteiger partial charge on any atom is -0.497 e. The number of aromatic nitrogens is 2. The molecule has 0 atom stereocenters. The van der Waals surface area contributed by atoms with Gasteiger partial charge in [-0.25, -0.2) is 0 Å². The predicted molar refractivity (Wildman–Crippen MR) is 103 cm³/mol. The van der Waals surface area contributed by atoms with Crippen LogP contribution < -0.4 is 14.8 Å². The molecule has 0 unspecified atom stereocenters. The average Bonchev–Trinajstić information content (AvgIpc) is 3.16. The van der Waals surface area contributed by atoms with Crippen molar-refractivity contribution in [1.29, 1.82) is 0 Å². The molecule has 0 aliphatic heterocycles. The van der Waals surface area contributed by atoms with E-state index >= 15 is 0 Å². The van der Waals surface area contributed by atoms with Crippen molar-refractivity contribution in [2.24, 2.45) is 0 Å². The largest absolute Gasteiger partial charge is 0.497 e. The smallest absolute Gasteiger partial charge is 0.277 e. The van der Waals surface area contributed by atoms with Crippen LogP contribution in [0.15, 0.2) is 52.1 Å². The highest BCUT2D eigenvalue weighted by molar-refractivity contribution is 7.99. The second-order valence-electron chi connectivity index (χ2n) is 5.59. The zero-order valence-corrected chi connectivity index (χ0v) is 16.0. The number of nitrogens with zero attached hydrogens (tertiary/aromatic N) is 2. The topological polar surface area (TPSA) is 86.5 Å². The maximum Gasteiger partial charge on any atom is 0.277 e.